The minimum Gasteiger partial charge on any atom is -0.497 e. The van der Waals surface area contributed by atoms with E-state index in [-0.39, 0.29) is 0 Å². The van der Waals surface area contributed by atoms with Crippen molar-refractivity contribution in [2.24, 2.45) is 5.10 Å². The van der Waals surface area contributed by atoms with E-state index in [1.54, 1.807) is 13.3 Å². The van der Waals surface area contributed by atoms with Crippen molar-refractivity contribution in [3.8, 4) is 17.2 Å². The van der Waals surface area contributed by atoms with Crippen molar-refractivity contribution in [2.45, 2.75) is 6.92 Å². The molecule has 0 aromatic heterocycles. The third-order valence-corrected chi connectivity index (χ3v) is 3.49. The average molecular weight is 373 g/mol. The molecular formula is C19H23N3O3S. The van der Waals surface area contributed by atoms with Crippen molar-refractivity contribution in [2.75, 3.05) is 26.9 Å². The van der Waals surface area contributed by atoms with Crippen LogP contribution in [-0.4, -0.2) is 38.2 Å². The highest BCUT2D eigenvalue weighted by molar-refractivity contribution is 7.80. The maximum atomic E-state index is 5.67. The minimum atomic E-state index is 0.447. The van der Waals surface area contributed by atoms with Gasteiger partial charge in [-0.15, -0.1) is 0 Å². The number of hydrazone groups is 1. The summed E-state index contributed by atoms with van der Waals surface area (Å²) in [6.45, 7) is 3.62. The van der Waals surface area contributed by atoms with Gasteiger partial charge in [-0.25, -0.2) is 0 Å². The normalized spacial score (nSPS) is 10.4. The molecule has 138 valence electrons. The quantitative estimate of drug-likeness (QED) is 0.305. The number of hydrogen-bond donors (Lipinski definition) is 2. The van der Waals surface area contributed by atoms with Crippen LogP contribution in [0.1, 0.15) is 12.5 Å². The third-order valence-electron chi connectivity index (χ3n) is 3.26. The summed E-state index contributed by atoms with van der Waals surface area (Å²) in [6, 6.07) is 15.1. The van der Waals surface area contributed by atoms with Crippen LogP contribution in [-0.2, 0) is 0 Å². The molecule has 2 rings (SSSR count). The number of ether oxygens (including phenoxy) is 3. The zero-order chi connectivity index (χ0) is 18.6. The molecule has 0 radical (unpaired) electrons. The lowest BCUT2D eigenvalue weighted by atomic mass is 10.2. The van der Waals surface area contributed by atoms with Crippen molar-refractivity contribution >= 4 is 23.5 Å². The van der Waals surface area contributed by atoms with Gasteiger partial charge in [0, 0.05) is 12.6 Å². The fourth-order valence-corrected chi connectivity index (χ4v) is 2.22. The molecule has 2 N–H and O–H groups in total. The molecule has 0 aliphatic heterocycles. The first-order chi connectivity index (χ1) is 12.7. The van der Waals surface area contributed by atoms with Crippen LogP contribution in [0.15, 0.2) is 53.6 Å². The minimum absolute atomic E-state index is 0.447. The molecule has 0 aliphatic rings. The summed E-state index contributed by atoms with van der Waals surface area (Å²) in [5.74, 6) is 2.29. The van der Waals surface area contributed by atoms with Crippen LogP contribution in [0, 0.1) is 0 Å². The predicted molar refractivity (Wildman–Crippen MR) is 107 cm³/mol. The van der Waals surface area contributed by atoms with E-state index in [9.17, 15) is 0 Å². The SMILES string of the molecule is CCNC(=S)N/N=C/c1ccc(OCCOc2cccc(OC)c2)cc1. The first-order valence-electron chi connectivity index (χ1n) is 8.28. The van der Waals surface area contributed by atoms with Crippen molar-refractivity contribution in [3.63, 3.8) is 0 Å². The van der Waals surface area contributed by atoms with Crippen LogP contribution in [0.5, 0.6) is 17.2 Å². The monoisotopic (exact) mass is 373 g/mol. The summed E-state index contributed by atoms with van der Waals surface area (Å²) < 4.78 is 16.5. The van der Waals surface area contributed by atoms with E-state index >= 15 is 0 Å². The molecule has 0 saturated carbocycles. The third kappa shape index (κ3) is 6.98. The Balaban J connectivity index is 1.71. The van der Waals surface area contributed by atoms with Crippen LogP contribution in [0.2, 0.25) is 0 Å². The maximum Gasteiger partial charge on any atom is 0.186 e. The van der Waals surface area contributed by atoms with E-state index in [1.165, 1.54) is 0 Å². The predicted octanol–water partition coefficient (Wildman–Crippen LogP) is 2.97. The second-order valence-electron chi connectivity index (χ2n) is 5.17. The van der Waals surface area contributed by atoms with Gasteiger partial charge in [-0.1, -0.05) is 6.07 Å². The van der Waals surface area contributed by atoms with E-state index in [0.717, 1.165) is 29.4 Å². The van der Waals surface area contributed by atoms with Crippen LogP contribution >= 0.6 is 12.2 Å². The van der Waals surface area contributed by atoms with Crippen LogP contribution in [0.3, 0.4) is 0 Å². The first kappa shape index (κ1) is 19.5. The number of thiocarbonyl (C=S) groups is 1. The standard InChI is InChI=1S/C19H23N3O3S/c1-3-20-19(26)22-21-14-15-7-9-16(10-8-15)24-11-12-25-18-6-4-5-17(13-18)23-2/h4-10,13-14H,3,11-12H2,1-2H3,(H2,20,22,26)/b21-14+. The zero-order valence-electron chi connectivity index (χ0n) is 14.9. The number of nitrogens with zero attached hydrogens (tertiary/aromatic N) is 1. The Bertz CT molecular complexity index is 720. The van der Waals surface area contributed by atoms with Crippen LogP contribution < -0.4 is 25.0 Å². The summed E-state index contributed by atoms with van der Waals surface area (Å²) in [5, 5.41) is 7.52. The highest BCUT2D eigenvalue weighted by atomic mass is 32.1. The van der Waals surface area contributed by atoms with Crippen molar-refractivity contribution in [1.82, 2.24) is 10.7 Å². The Labute approximate surface area is 159 Å². The Morgan fingerprint density at radius 3 is 2.42 bits per heavy atom. The molecule has 0 saturated heterocycles. The average Bonchev–Trinajstić information content (AvgIpc) is 2.67. The molecule has 0 spiro atoms. The molecule has 0 fully saturated rings. The molecule has 2 aromatic rings. The Kier molecular flexibility index (Phi) is 8.21. The van der Waals surface area contributed by atoms with Crippen LogP contribution in [0.25, 0.3) is 0 Å². The molecule has 0 amide bonds. The molecule has 0 aliphatic carbocycles. The number of hydrogen-bond acceptors (Lipinski definition) is 5. The molecule has 6 nitrogen and oxygen atoms in total. The number of benzene rings is 2. The molecule has 7 heteroatoms. The molecule has 0 atom stereocenters. The van der Waals surface area contributed by atoms with E-state index in [1.807, 2.05) is 55.5 Å². The van der Waals surface area contributed by atoms with Gasteiger partial charge in [0.15, 0.2) is 5.11 Å². The smallest absolute Gasteiger partial charge is 0.186 e. The maximum absolute atomic E-state index is 5.67. The lowest BCUT2D eigenvalue weighted by Gasteiger charge is -2.09. The summed E-state index contributed by atoms with van der Waals surface area (Å²) in [4.78, 5) is 0. The number of nitrogens with one attached hydrogen (secondary N) is 2. The Morgan fingerprint density at radius 1 is 1.04 bits per heavy atom. The van der Waals surface area contributed by atoms with Gasteiger partial charge in [0.2, 0.25) is 0 Å². The fraction of sp³-hybridized carbons (Fsp3) is 0.263. The van der Waals surface area contributed by atoms with Crippen molar-refractivity contribution in [3.05, 3.63) is 54.1 Å². The van der Waals surface area contributed by atoms with Gasteiger partial charge in [-0.2, -0.15) is 5.10 Å². The highest BCUT2D eigenvalue weighted by Crippen LogP contribution is 2.18. The Morgan fingerprint density at radius 2 is 1.73 bits per heavy atom. The molecule has 2 aromatic carbocycles. The van der Waals surface area contributed by atoms with E-state index in [0.29, 0.717) is 18.3 Å². The van der Waals surface area contributed by atoms with Crippen LogP contribution in [0.4, 0.5) is 0 Å². The summed E-state index contributed by atoms with van der Waals surface area (Å²) >= 11 is 5.02. The highest BCUT2D eigenvalue weighted by Gasteiger charge is 1.98. The van der Waals surface area contributed by atoms with Crippen molar-refractivity contribution < 1.29 is 14.2 Å². The second kappa shape index (κ2) is 10.9. The molecular weight excluding hydrogens is 350 g/mol. The topological polar surface area (TPSA) is 64.1 Å². The number of rotatable bonds is 9. The number of methoxy groups -OCH3 is 1. The Hall–Kier alpha value is -2.80. The largest absolute Gasteiger partial charge is 0.497 e. The first-order valence-corrected chi connectivity index (χ1v) is 8.68. The lowest BCUT2D eigenvalue weighted by Crippen LogP contribution is -2.31. The van der Waals surface area contributed by atoms with Gasteiger partial charge < -0.3 is 19.5 Å². The molecule has 0 unspecified atom stereocenters. The van der Waals surface area contributed by atoms with Crippen molar-refractivity contribution in [1.29, 1.82) is 0 Å². The lowest BCUT2D eigenvalue weighted by molar-refractivity contribution is 0.216. The van der Waals surface area contributed by atoms with E-state index < -0.39 is 0 Å². The molecule has 0 heterocycles. The van der Waals surface area contributed by atoms with Gasteiger partial charge in [0.1, 0.15) is 30.5 Å². The van der Waals surface area contributed by atoms with E-state index in [2.05, 4.69) is 15.8 Å². The molecule has 26 heavy (non-hydrogen) atoms. The summed E-state index contributed by atoms with van der Waals surface area (Å²) in [6.07, 6.45) is 1.69. The van der Waals surface area contributed by atoms with Gasteiger partial charge >= 0.3 is 0 Å². The fourth-order valence-electron chi connectivity index (χ4n) is 2.03. The zero-order valence-corrected chi connectivity index (χ0v) is 15.7. The second-order valence-corrected chi connectivity index (χ2v) is 5.58. The summed E-state index contributed by atoms with van der Waals surface area (Å²) in [7, 11) is 1.63. The van der Waals surface area contributed by atoms with Gasteiger partial charge in [-0.05, 0) is 61.1 Å². The van der Waals surface area contributed by atoms with Gasteiger partial charge in [0.25, 0.3) is 0 Å². The van der Waals surface area contributed by atoms with E-state index in [4.69, 9.17) is 26.4 Å². The summed E-state index contributed by atoms with van der Waals surface area (Å²) in [5.41, 5.74) is 3.69. The van der Waals surface area contributed by atoms with Gasteiger partial charge in [-0.3, -0.25) is 5.43 Å². The van der Waals surface area contributed by atoms with Gasteiger partial charge in [0.05, 0.1) is 13.3 Å². The molecule has 0 bridgehead atoms.